The lowest BCUT2D eigenvalue weighted by Gasteiger charge is -2.20. The van der Waals surface area contributed by atoms with Crippen LogP contribution in [0.15, 0.2) is 25.0 Å². The fourth-order valence-electron chi connectivity index (χ4n) is 1.59. The van der Waals surface area contributed by atoms with Crippen LogP contribution in [0.25, 0.3) is 0 Å². The molecule has 1 rings (SSSR count). The lowest BCUT2D eigenvalue weighted by molar-refractivity contribution is 0.338. The highest BCUT2D eigenvalue weighted by Gasteiger charge is 2.09. The van der Waals surface area contributed by atoms with E-state index >= 15 is 0 Å². The zero-order valence-electron chi connectivity index (χ0n) is 9.77. The van der Waals surface area contributed by atoms with E-state index in [0.29, 0.717) is 6.04 Å². The minimum atomic E-state index is 0.412. The van der Waals surface area contributed by atoms with Crippen molar-refractivity contribution in [2.24, 2.45) is 0 Å². The van der Waals surface area contributed by atoms with Crippen LogP contribution in [0, 0.1) is 0 Å². The Labute approximate surface area is 91.6 Å². The quantitative estimate of drug-likeness (QED) is 0.721. The third kappa shape index (κ3) is 3.40. The molecule has 0 aliphatic rings. The van der Waals surface area contributed by atoms with Gasteiger partial charge < -0.3 is 14.8 Å². The average molecular weight is 208 g/mol. The van der Waals surface area contributed by atoms with Crippen LogP contribution in [-0.2, 0) is 0 Å². The van der Waals surface area contributed by atoms with Crippen LogP contribution in [0.2, 0.25) is 0 Å². The van der Waals surface area contributed by atoms with Gasteiger partial charge in [0.1, 0.15) is 0 Å². The predicted octanol–water partition coefficient (Wildman–Crippen LogP) is 1.60. The molecular weight excluding hydrogens is 188 g/mol. The molecule has 0 fully saturated rings. The first-order valence-electron chi connectivity index (χ1n) is 5.17. The van der Waals surface area contributed by atoms with E-state index in [0.717, 1.165) is 19.0 Å². The van der Waals surface area contributed by atoms with Crippen LogP contribution in [0.5, 0.6) is 0 Å². The fraction of sp³-hybridized carbons (Fsp3) is 0.545. The molecule has 15 heavy (non-hydrogen) atoms. The summed E-state index contributed by atoms with van der Waals surface area (Å²) in [5, 5.41) is 3.21. The molecule has 1 aromatic heterocycles. The van der Waals surface area contributed by atoms with Gasteiger partial charge in [-0.2, -0.15) is 0 Å². The molecule has 0 aliphatic heterocycles. The van der Waals surface area contributed by atoms with Gasteiger partial charge in [0.25, 0.3) is 0 Å². The Hall–Kier alpha value is -1.29. The number of anilines is 1. The van der Waals surface area contributed by atoms with E-state index in [-0.39, 0.29) is 0 Å². The van der Waals surface area contributed by atoms with Crippen LogP contribution in [0.3, 0.4) is 0 Å². The van der Waals surface area contributed by atoms with E-state index < -0.39 is 0 Å². The molecule has 0 saturated heterocycles. The summed E-state index contributed by atoms with van der Waals surface area (Å²) < 4.78 is 2.14. The topological polar surface area (TPSA) is 33.1 Å². The second-order valence-corrected chi connectivity index (χ2v) is 3.94. The van der Waals surface area contributed by atoms with Crippen molar-refractivity contribution in [3.8, 4) is 0 Å². The Bertz CT molecular complexity index is 303. The van der Waals surface area contributed by atoms with Crippen molar-refractivity contribution < 1.29 is 0 Å². The number of nitrogens with zero attached hydrogens (tertiary/aromatic N) is 3. The number of hydrogen-bond donors (Lipinski definition) is 1. The fourth-order valence-corrected chi connectivity index (χ4v) is 1.59. The first kappa shape index (κ1) is 11.8. The smallest absolute Gasteiger partial charge is 0.203 e. The van der Waals surface area contributed by atoms with Crippen molar-refractivity contribution in [2.45, 2.75) is 13.0 Å². The van der Waals surface area contributed by atoms with Gasteiger partial charge in [0.2, 0.25) is 5.95 Å². The Balaban J connectivity index is 2.66. The first-order valence-corrected chi connectivity index (χ1v) is 5.17. The number of rotatable bonds is 6. The zero-order chi connectivity index (χ0) is 11.3. The molecule has 1 unspecified atom stereocenters. The van der Waals surface area contributed by atoms with E-state index in [9.17, 15) is 0 Å². The minimum Gasteiger partial charge on any atom is -0.352 e. The maximum absolute atomic E-state index is 4.27. The first-order chi connectivity index (χ1) is 7.15. The molecule has 0 aliphatic carbocycles. The lowest BCUT2D eigenvalue weighted by atomic mass is 10.3. The molecule has 1 N–H and O–H groups in total. The van der Waals surface area contributed by atoms with E-state index in [1.54, 1.807) is 0 Å². The predicted molar refractivity (Wildman–Crippen MR) is 64.2 cm³/mol. The largest absolute Gasteiger partial charge is 0.352 e. The SMILES string of the molecule is C=CCNc1nccn1C(C)CN(C)C. The third-order valence-corrected chi connectivity index (χ3v) is 2.18. The van der Waals surface area contributed by atoms with Gasteiger partial charge >= 0.3 is 0 Å². The molecule has 0 bridgehead atoms. The van der Waals surface area contributed by atoms with Gasteiger partial charge in [0.05, 0.1) is 0 Å². The number of aromatic nitrogens is 2. The highest BCUT2D eigenvalue weighted by molar-refractivity contribution is 5.27. The summed E-state index contributed by atoms with van der Waals surface area (Å²) in [7, 11) is 4.15. The summed E-state index contributed by atoms with van der Waals surface area (Å²) in [6.45, 7) is 7.60. The van der Waals surface area contributed by atoms with Crippen molar-refractivity contribution in [1.29, 1.82) is 0 Å². The van der Waals surface area contributed by atoms with Gasteiger partial charge in [-0.25, -0.2) is 4.98 Å². The molecule has 0 radical (unpaired) electrons. The van der Waals surface area contributed by atoms with E-state index in [1.165, 1.54) is 0 Å². The summed E-state index contributed by atoms with van der Waals surface area (Å²) >= 11 is 0. The monoisotopic (exact) mass is 208 g/mol. The molecule has 1 atom stereocenters. The van der Waals surface area contributed by atoms with Crippen molar-refractivity contribution in [2.75, 3.05) is 32.5 Å². The van der Waals surface area contributed by atoms with Gasteiger partial charge in [-0.3, -0.25) is 0 Å². The number of nitrogens with one attached hydrogen (secondary N) is 1. The molecule has 0 aromatic carbocycles. The highest BCUT2D eigenvalue weighted by Crippen LogP contribution is 2.13. The minimum absolute atomic E-state index is 0.412. The van der Waals surface area contributed by atoms with Crippen molar-refractivity contribution in [3.63, 3.8) is 0 Å². The lowest BCUT2D eigenvalue weighted by Crippen LogP contribution is -2.23. The molecule has 0 saturated carbocycles. The highest BCUT2D eigenvalue weighted by atomic mass is 15.2. The number of hydrogen-bond acceptors (Lipinski definition) is 3. The maximum atomic E-state index is 4.27. The number of imidazole rings is 1. The van der Waals surface area contributed by atoms with Crippen LogP contribution in [0.1, 0.15) is 13.0 Å². The van der Waals surface area contributed by atoms with Crippen molar-refractivity contribution in [3.05, 3.63) is 25.0 Å². The van der Waals surface area contributed by atoms with Gasteiger partial charge in [0.15, 0.2) is 0 Å². The van der Waals surface area contributed by atoms with E-state index in [1.807, 2.05) is 18.5 Å². The molecule has 4 nitrogen and oxygen atoms in total. The van der Waals surface area contributed by atoms with E-state index in [4.69, 9.17) is 0 Å². The van der Waals surface area contributed by atoms with E-state index in [2.05, 4.69) is 47.4 Å². The maximum Gasteiger partial charge on any atom is 0.203 e. The third-order valence-electron chi connectivity index (χ3n) is 2.18. The summed E-state index contributed by atoms with van der Waals surface area (Å²) in [6, 6.07) is 0.412. The molecule has 0 amide bonds. The second kappa shape index (κ2) is 5.56. The zero-order valence-corrected chi connectivity index (χ0v) is 9.77. The van der Waals surface area contributed by atoms with Crippen LogP contribution < -0.4 is 5.32 Å². The molecule has 1 aromatic rings. The summed E-state index contributed by atoms with van der Waals surface area (Å²) in [5.74, 6) is 0.907. The van der Waals surface area contributed by atoms with Crippen LogP contribution in [-0.4, -0.2) is 41.6 Å². The Morgan fingerprint density at radius 2 is 2.40 bits per heavy atom. The second-order valence-electron chi connectivity index (χ2n) is 3.94. The normalized spacial score (nSPS) is 12.8. The molecular formula is C11H20N4. The summed E-state index contributed by atoms with van der Waals surface area (Å²) in [4.78, 5) is 6.44. The Kier molecular flexibility index (Phi) is 4.37. The standard InChI is InChI=1S/C11H20N4/c1-5-6-12-11-13-7-8-15(11)10(2)9-14(3)4/h5,7-8,10H,1,6,9H2,2-4H3,(H,12,13). The Morgan fingerprint density at radius 1 is 1.67 bits per heavy atom. The van der Waals surface area contributed by atoms with Gasteiger partial charge in [-0.1, -0.05) is 6.08 Å². The van der Waals surface area contributed by atoms with Crippen molar-refractivity contribution >= 4 is 5.95 Å². The van der Waals surface area contributed by atoms with Crippen LogP contribution in [0.4, 0.5) is 5.95 Å². The summed E-state index contributed by atoms with van der Waals surface area (Å²) in [6.07, 6.45) is 5.65. The van der Waals surface area contributed by atoms with Gasteiger partial charge in [0, 0.05) is 31.5 Å². The molecule has 0 spiro atoms. The Morgan fingerprint density at radius 3 is 3.00 bits per heavy atom. The van der Waals surface area contributed by atoms with Gasteiger partial charge in [-0.05, 0) is 21.0 Å². The van der Waals surface area contributed by atoms with Crippen LogP contribution >= 0.6 is 0 Å². The summed E-state index contributed by atoms with van der Waals surface area (Å²) in [5.41, 5.74) is 0. The molecule has 84 valence electrons. The van der Waals surface area contributed by atoms with Gasteiger partial charge in [-0.15, -0.1) is 6.58 Å². The molecule has 1 heterocycles. The number of likely N-dealkylation sites (N-methyl/N-ethyl adjacent to an activating group) is 1. The van der Waals surface area contributed by atoms with Crippen molar-refractivity contribution in [1.82, 2.24) is 14.5 Å². The molecule has 4 heteroatoms. The average Bonchev–Trinajstić information content (AvgIpc) is 2.61.